The number of hydrogen-bond donors (Lipinski definition) is 1. The maximum Gasteiger partial charge on any atom is 0.252 e. The molecule has 0 radical (unpaired) electrons. The minimum atomic E-state index is -2.82. The number of nitrogens with one attached hydrogen (secondary N) is 1. The summed E-state index contributed by atoms with van der Waals surface area (Å²) in [6.45, 7) is 1.52. The molecular formula is C23H22F3N5O2. The fourth-order valence-corrected chi connectivity index (χ4v) is 3.93. The van der Waals surface area contributed by atoms with Crippen LogP contribution in [0.4, 0.5) is 18.9 Å². The van der Waals surface area contributed by atoms with E-state index in [0.29, 0.717) is 11.1 Å². The van der Waals surface area contributed by atoms with Crippen molar-refractivity contribution in [2.24, 2.45) is 0 Å². The largest absolute Gasteiger partial charge is 0.351 e. The van der Waals surface area contributed by atoms with E-state index in [4.69, 9.17) is 0 Å². The third kappa shape index (κ3) is 5.05. The van der Waals surface area contributed by atoms with Crippen LogP contribution in [0.1, 0.15) is 30.0 Å². The molecule has 1 atom stereocenters. The molecule has 1 aromatic heterocycles. The van der Waals surface area contributed by atoms with Crippen LogP contribution in [0.2, 0.25) is 0 Å². The monoisotopic (exact) mass is 457 g/mol. The van der Waals surface area contributed by atoms with Gasteiger partial charge in [0.05, 0.1) is 0 Å². The van der Waals surface area contributed by atoms with Gasteiger partial charge in [0.15, 0.2) is 0 Å². The first-order valence-electron chi connectivity index (χ1n) is 10.4. The summed E-state index contributed by atoms with van der Waals surface area (Å²) >= 11 is 0. The van der Waals surface area contributed by atoms with Crippen LogP contribution < -0.4 is 10.2 Å². The summed E-state index contributed by atoms with van der Waals surface area (Å²) in [6.07, 6.45) is 1.68. The molecule has 2 aromatic carbocycles. The number of carbonyl (C=O) groups excluding carboxylic acids is 2. The predicted molar refractivity (Wildman–Crippen MR) is 114 cm³/mol. The number of benzene rings is 2. The predicted octanol–water partition coefficient (Wildman–Crippen LogP) is 3.41. The van der Waals surface area contributed by atoms with Crippen LogP contribution in [0, 0.1) is 12.7 Å². The van der Waals surface area contributed by atoms with Crippen molar-refractivity contribution in [3.05, 3.63) is 78.1 Å². The minimum Gasteiger partial charge on any atom is -0.351 e. The lowest BCUT2D eigenvalue weighted by Gasteiger charge is -2.38. The highest BCUT2D eigenvalue weighted by atomic mass is 19.3. The fraction of sp³-hybridized carbons (Fsp3) is 0.304. The number of anilines is 1. The van der Waals surface area contributed by atoms with E-state index in [-0.39, 0.29) is 12.2 Å². The molecule has 33 heavy (non-hydrogen) atoms. The Bertz CT molecular complexity index is 1140. The first kappa shape index (κ1) is 22.5. The molecule has 0 spiro atoms. The molecular weight excluding hydrogens is 435 g/mol. The fourth-order valence-electron chi connectivity index (χ4n) is 3.93. The molecule has 2 amide bonds. The summed E-state index contributed by atoms with van der Waals surface area (Å²) in [5.41, 5.74) is 1.37. The molecule has 1 aliphatic carbocycles. The van der Waals surface area contributed by atoms with E-state index >= 15 is 0 Å². The number of aromatic nitrogens is 3. The smallest absolute Gasteiger partial charge is 0.252 e. The highest BCUT2D eigenvalue weighted by Gasteiger charge is 2.47. The Morgan fingerprint density at radius 2 is 1.97 bits per heavy atom. The normalized spacial score (nSPS) is 16.0. The zero-order chi connectivity index (χ0) is 23.6. The van der Waals surface area contributed by atoms with Crippen LogP contribution in [0.25, 0.3) is 0 Å². The van der Waals surface area contributed by atoms with E-state index in [9.17, 15) is 22.8 Å². The molecule has 1 fully saturated rings. The van der Waals surface area contributed by atoms with Crippen LogP contribution in [0.5, 0.6) is 0 Å². The molecule has 0 saturated heterocycles. The number of aryl methyl sites for hydroxylation is 1. The molecule has 1 aliphatic rings. The number of amides is 2. The zero-order valence-electron chi connectivity index (χ0n) is 17.8. The second kappa shape index (κ2) is 9.05. The Morgan fingerprint density at radius 3 is 2.61 bits per heavy atom. The molecule has 3 aromatic rings. The minimum absolute atomic E-state index is 0.155. The number of hydrogen-bond acceptors (Lipinski definition) is 4. The number of carbonyl (C=O) groups is 2. The highest BCUT2D eigenvalue weighted by molar-refractivity contribution is 6.01. The molecule has 1 saturated carbocycles. The van der Waals surface area contributed by atoms with Gasteiger partial charge in [0.25, 0.3) is 5.92 Å². The molecule has 0 aliphatic heterocycles. The van der Waals surface area contributed by atoms with E-state index in [1.165, 1.54) is 40.4 Å². The highest BCUT2D eigenvalue weighted by Crippen LogP contribution is 2.38. The van der Waals surface area contributed by atoms with E-state index < -0.39 is 48.5 Å². The summed E-state index contributed by atoms with van der Waals surface area (Å²) in [4.78, 5) is 31.9. The van der Waals surface area contributed by atoms with Gasteiger partial charge in [-0.2, -0.15) is 5.10 Å². The summed E-state index contributed by atoms with van der Waals surface area (Å²) in [6, 6.07) is 10.4. The van der Waals surface area contributed by atoms with Crippen LogP contribution in [-0.2, 0) is 16.1 Å². The van der Waals surface area contributed by atoms with Crippen LogP contribution in [0.15, 0.2) is 61.2 Å². The van der Waals surface area contributed by atoms with Crippen molar-refractivity contribution in [2.75, 3.05) is 4.90 Å². The van der Waals surface area contributed by atoms with E-state index in [2.05, 4.69) is 15.4 Å². The Hall–Kier alpha value is -3.69. The van der Waals surface area contributed by atoms with Gasteiger partial charge in [0.1, 0.15) is 31.1 Å². The lowest BCUT2D eigenvalue weighted by Crippen LogP contribution is -2.54. The van der Waals surface area contributed by atoms with Crippen LogP contribution in [-0.4, -0.2) is 38.5 Å². The van der Waals surface area contributed by atoms with Crippen molar-refractivity contribution >= 4 is 17.5 Å². The van der Waals surface area contributed by atoms with Gasteiger partial charge in [-0.3, -0.25) is 14.5 Å². The van der Waals surface area contributed by atoms with Gasteiger partial charge >= 0.3 is 0 Å². The van der Waals surface area contributed by atoms with Crippen LogP contribution >= 0.6 is 0 Å². The van der Waals surface area contributed by atoms with Gasteiger partial charge in [-0.25, -0.2) is 22.8 Å². The zero-order valence-corrected chi connectivity index (χ0v) is 17.8. The van der Waals surface area contributed by atoms with Gasteiger partial charge in [-0.05, 0) is 36.2 Å². The first-order valence-corrected chi connectivity index (χ1v) is 10.4. The second-order valence-electron chi connectivity index (χ2n) is 8.07. The van der Waals surface area contributed by atoms with Crippen molar-refractivity contribution < 1.29 is 22.8 Å². The summed E-state index contributed by atoms with van der Waals surface area (Å²) in [5.74, 6) is -4.58. The maximum absolute atomic E-state index is 14.1. The third-order valence-electron chi connectivity index (χ3n) is 5.54. The van der Waals surface area contributed by atoms with E-state index in [1.54, 1.807) is 31.2 Å². The van der Waals surface area contributed by atoms with Gasteiger partial charge in [-0.15, -0.1) is 0 Å². The molecule has 0 bridgehead atoms. The first-order chi connectivity index (χ1) is 15.7. The topological polar surface area (TPSA) is 80.1 Å². The maximum atomic E-state index is 14.1. The Morgan fingerprint density at radius 1 is 1.21 bits per heavy atom. The molecule has 172 valence electrons. The van der Waals surface area contributed by atoms with Crippen molar-refractivity contribution in [3.8, 4) is 0 Å². The molecule has 10 heteroatoms. The molecule has 1 heterocycles. The molecule has 1 unspecified atom stereocenters. The summed E-state index contributed by atoms with van der Waals surface area (Å²) in [7, 11) is 0. The Balaban J connectivity index is 1.75. The van der Waals surface area contributed by atoms with Gasteiger partial charge < -0.3 is 5.32 Å². The lowest BCUT2D eigenvalue weighted by atomic mass is 9.87. The second-order valence-corrected chi connectivity index (χ2v) is 8.07. The lowest BCUT2D eigenvalue weighted by molar-refractivity contribution is -0.133. The molecule has 4 rings (SSSR count). The summed E-state index contributed by atoms with van der Waals surface area (Å²) < 4.78 is 42.1. The van der Waals surface area contributed by atoms with Gasteiger partial charge in [-0.1, -0.05) is 30.3 Å². The number of alkyl halides is 2. The third-order valence-corrected chi connectivity index (χ3v) is 5.54. The van der Waals surface area contributed by atoms with Crippen LogP contribution in [0.3, 0.4) is 0 Å². The van der Waals surface area contributed by atoms with E-state index in [1.807, 2.05) is 0 Å². The average Bonchev–Trinajstić information content (AvgIpc) is 3.24. The Labute approximate surface area is 188 Å². The van der Waals surface area contributed by atoms with Gasteiger partial charge in [0.2, 0.25) is 11.8 Å². The number of halogens is 3. The van der Waals surface area contributed by atoms with Crippen molar-refractivity contribution in [2.45, 2.75) is 44.3 Å². The van der Waals surface area contributed by atoms with E-state index in [0.717, 1.165) is 6.07 Å². The standard InChI is InChI=1S/C23H22F3N5O2/c1-15-5-2-3-8-19(15)21(22(33)29-17-10-23(25,26)11-17)31(18-7-4-6-16(24)9-18)20(32)12-30-14-27-13-28-30/h2-9,13-14,17,21H,10-12H2,1H3,(H,29,33). The molecule has 7 nitrogen and oxygen atoms in total. The van der Waals surface area contributed by atoms with Crippen molar-refractivity contribution in [3.63, 3.8) is 0 Å². The van der Waals surface area contributed by atoms with Gasteiger partial charge in [0, 0.05) is 24.6 Å². The number of nitrogens with zero attached hydrogens (tertiary/aromatic N) is 4. The quantitative estimate of drug-likeness (QED) is 0.590. The SMILES string of the molecule is Cc1ccccc1C(C(=O)NC1CC(F)(F)C1)N(C(=O)Cn1cncn1)c1cccc(F)c1. The van der Waals surface area contributed by atoms with Crippen molar-refractivity contribution in [1.29, 1.82) is 0 Å². The molecule has 1 N–H and O–H groups in total. The van der Waals surface area contributed by atoms with Crippen molar-refractivity contribution in [1.82, 2.24) is 20.1 Å². The Kier molecular flexibility index (Phi) is 6.17. The summed E-state index contributed by atoms with van der Waals surface area (Å²) in [5, 5.41) is 6.57. The average molecular weight is 457 g/mol. The number of rotatable bonds is 7.